The van der Waals surface area contributed by atoms with E-state index in [2.05, 4.69) is 43.4 Å². The number of carbonyl (C=O) groups is 1. The number of rotatable bonds is 2. The smallest absolute Gasteiger partial charge is 0.229 e. The molecule has 1 aromatic heterocycles. The molecule has 1 fully saturated rings. The lowest BCUT2D eigenvalue weighted by molar-refractivity contribution is -0.120. The summed E-state index contributed by atoms with van der Waals surface area (Å²) in [5.74, 6) is 1.72. The summed E-state index contributed by atoms with van der Waals surface area (Å²) in [7, 11) is 0. The zero-order chi connectivity index (χ0) is 11.8. The fourth-order valence-corrected chi connectivity index (χ4v) is 2.88. The highest BCUT2D eigenvalue weighted by molar-refractivity contribution is 9.10. The minimum Gasteiger partial charge on any atom is -0.309 e. The van der Waals surface area contributed by atoms with Gasteiger partial charge in [-0.1, -0.05) is 12.2 Å². The first kappa shape index (κ1) is 10.9. The van der Waals surface area contributed by atoms with Crippen molar-refractivity contribution in [3.05, 3.63) is 29.1 Å². The third kappa shape index (κ3) is 2.11. The van der Waals surface area contributed by atoms with E-state index in [4.69, 9.17) is 0 Å². The molecule has 3 unspecified atom stereocenters. The molecular weight excluding hydrogens is 282 g/mol. The molecule has 1 aromatic rings. The number of amides is 1. The molecule has 17 heavy (non-hydrogen) atoms. The molecule has 1 heterocycles. The lowest BCUT2D eigenvalue weighted by Crippen LogP contribution is -2.26. The van der Waals surface area contributed by atoms with Crippen LogP contribution >= 0.6 is 15.9 Å². The number of fused-ring (bicyclic) bond motifs is 2. The molecule has 0 aromatic carbocycles. The van der Waals surface area contributed by atoms with Gasteiger partial charge in [0.25, 0.3) is 0 Å². The van der Waals surface area contributed by atoms with E-state index in [9.17, 15) is 4.79 Å². The van der Waals surface area contributed by atoms with Gasteiger partial charge < -0.3 is 5.32 Å². The highest BCUT2D eigenvalue weighted by Crippen LogP contribution is 2.43. The second-order valence-corrected chi connectivity index (χ2v) is 5.41. The highest BCUT2D eigenvalue weighted by Gasteiger charge is 2.39. The van der Waals surface area contributed by atoms with Gasteiger partial charge in [-0.05, 0) is 40.6 Å². The Hall–Kier alpha value is -1.23. The molecule has 3 rings (SSSR count). The van der Waals surface area contributed by atoms with Gasteiger partial charge in [-0.25, -0.2) is 9.97 Å². The quantitative estimate of drug-likeness (QED) is 0.852. The molecule has 1 amide bonds. The van der Waals surface area contributed by atoms with Gasteiger partial charge in [0, 0.05) is 5.92 Å². The maximum atomic E-state index is 12.1. The number of hydrogen-bond donors (Lipinski definition) is 1. The van der Waals surface area contributed by atoms with Gasteiger partial charge in [0.15, 0.2) is 5.82 Å². The number of hydrogen-bond acceptors (Lipinski definition) is 3. The van der Waals surface area contributed by atoms with Gasteiger partial charge in [0.2, 0.25) is 5.91 Å². The van der Waals surface area contributed by atoms with Crippen LogP contribution in [0.1, 0.15) is 12.8 Å². The predicted molar refractivity (Wildman–Crippen MR) is 67.2 cm³/mol. The van der Waals surface area contributed by atoms with Crippen LogP contribution in [0.2, 0.25) is 0 Å². The van der Waals surface area contributed by atoms with Crippen molar-refractivity contribution in [3.8, 4) is 0 Å². The summed E-state index contributed by atoms with van der Waals surface area (Å²) in [5, 5.41) is 2.83. The number of nitrogens with one attached hydrogen (secondary N) is 1. The largest absolute Gasteiger partial charge is 0.309 e. The van der Waals surface area contributed by atoms with E-state index >= 15 is 0 Å². The summed E-state index contributed by atoms with van der Waals surface area (Å²) in [6.07, 6.45) is 9.64. The minimum atomic E-state index is 0.0680. The summed E-state index contributed by atoms with van der Waals surface area (Å²) in [4.78, 5) is 20.2. The number of halogens is 1. The molecular formula is C12H12BrN3O. The Morgan fingerprint density at radius 3 is 2.76 bits per heavy atom. The first-order chi connectivity index (χ1) is 8.22. The van der Waals surface area contributed by atoms with Crippen LogP contribution in [0.3, 0.4) is 0 Å². The van der Waals surface area contributed by atoms with E-state index in [0.29, 0.717) is 22.3 Å². The molecule has 2 aliphatic carbocycles. The van der Waals surface area contributed by atoms with E-state index < -0.39 is 0 Å². The van der Waals surface area contributed by atoms with E-state index in [1.807, 2.05) is 0 Å². The van der Waals surface area contributed by atoms with Gasteiger partial charge in [-0.3, -0.25) is 4.79 Å². The third-order valence-electron chi connectivity index (χ3n) is 3.49. The van der Waals surface area contributed by atoms with Crippen LogP contribution in [0.15, 0.2) is 29.1 Å². The van der Waals surface area contributed by atoms with Gasteiger partial charge in [0.05, 0.1) is 12.4 Å². The van der Waals surface area contributed by atoms with Crippen LogP contribution < -0.4 is 5.32 Å². The molecule has 4 nitrogen and oxygen atoms in total. The fourth-order valence-electron chi connectivity index (χ4n) is 2.68. The zero-order valence-corrected chi connectivity index (χ0v) is 10.7. The fraction of sp³-hybridized carbons (Fsp3) is 0.417. The molecule has 88 valence electrons. The monoisotopic (exact) mass is 293 g/mol. The Labute approximate surface area is 108 Å². The summed E-state index contributed by atoms with van der Waals surface area (Å²) in [6, 6.07) is 0. The molecule has 5 heteroatoms. The van der Waals surface area contributed by atoms with Crippen molar-refractivity contribution in [1.82, 2.24) is 9.97 Å². The average molecular weight is 294 g/mol. The van der Waals surface area contributed by atoms with Gasteiger partial charge in [-0.15, -0.1) is 0 Å². The van der Waals surface area contributed by atoms with Crippen LogP contribution in [-0.4, -0.2) is 15.9 Å². The van der Waals surface area contributed by atoms with Crippen molar-refractivity contribution >= 4 is 27.7 Å². The molecule has 1 N–H and O–H groups in total. The summed E-state index contributed by atoms with van der Waals surface area (Å²) >= 11 is 3.21. The topological polar surface area (TPSA) is 54.9 Å². The lowest BCUT2D eigenvalue weighted by Gasteiger charge is -2.16. The molecule has 0 spiro atoms. The van der Waals surface area contributed by atoms with Crippen molar-refractivity contribution in [2.45, 2.75) is 12.8 Å². The maximum absolute atomic E-state index is 12.1. The van der Waals surface area contributed by atoms with Crippen LogP contribution in [0, 0.1) is 17.8 Å². The van der Waals surface area contributed by atoms with Crippen molar-refractivity contribution < 1.29 is 4.79 Å². The Morgan fingerprint density at radius 2 is 2.18 bits per heavy atom. The maximum Gasteiger partial charge on any atom is 0.229 e. The van der Waals surface area contributed by atoms with Crippen molar-refractivity contribution in [2.24, 2.45) is 17.8 Å². The summed E-state index contributed by atoms with van der Waals surface area (Å²) < 4.78 is 0.665. The minimum absolute atomic E-state index is 0.0680. The number of nitrogens with zero attached hydrogens (tertiary/aromatic N) is 2. The normalized spacial score (nSPS) is 29.6. The van der Waals surface area contributed by atoms with Crippen molar-refractivity contribution in [1.29, 1.82) is 0 Å². The van der Waals surface area contributed by atoms with Crippen molar-refractivity contribution in [3.63, 3.8) is 0 Å². The first-order valence-electron chi connectivity index (χ1n) is 5.69. The Kier molecular flexibility index (Phi) is 2.70. The van der Waals surface area contributed by atoms with Crippen molar-refractivity contribution in [2.75, 3.05) is 5.32 Å². The second kappa shape index (κ2) is 4.22. The van der Waals surface area contributed by atoms with Crippen LogP contribution in [0.4, 0.5) is 5.82 Å². The zero-order valence-electron chi connectivity index (χ0n) is 9.14. The molecule has 0 saturated heterocycles. The molecule has 0 radical (unpaired) electrons. The molecule has 3 atom stereocenters. The first-order valence-corrected chi connectivity index (χ1v) is 6.48. The second-order valence-electron chi connectivity index (χ2n) is 4.60. The summed E-state index contributed by atoms with van der Waals surface area (Å²) in [5.41, 5.74) is 0. The molecule has 0 aliphatic heterocycles. The number of carbonyl (C=O) groups excluding carboxylic acids is 1. The molecule has 2 bridgehead atoms. The van der Waals surface area contributed by atoms with E-state index in [1.165, 1.54) is 0 Å². The Balaban J connectivity index is 1.68. The van der Waals surface area contributed by atoms with E-state index in [0.717, 1.165) is 12.8 Å². The predicted octanol–water partition coefficient (Wildman–Crippen LogP) is 2.39. The van der Waals surface area contributed by atoms with E-state index in [-0.39, 0.29) is 11.8 Å². The molecule has 1 saturated carbocycles. The number of aromatic nitrogens is 2. The van der Waals surface area contributed by atoms with Gasteiger partial charge in [0.1, 0.15) is 4.60 Å². The SMILES string of the molecule is O=C(Nc1cnc(Br)cn1)C1CC2C=CC1C2. The lowest BCUT2D eigenvalue weighted by atomic mass is 9.93. The highest BCUT2D eigenvalue weighted by atomic mass is 79.9. The number of anilines is 1. The Bertz CT molecular complexity index is 471. The van der Waals surface area contributed by atoms with Crippen LogP contribution in [0.25, 0.3) is 0 Å². The average Bonchev–Trinajstić information content (AvgIpc) is 2.94. The van der Waals surface area contributed by atoms with E-state index in [1.54, 1.807) is 12.4 Å². The number of allylic oxidation sites excluding steroid dienone is 2. The van der Waals surface area contributed by atoms with Gasteiger partial charge >= 0.3 is 0 Å². The Morgan fingerprint density at radius 1 is 1.29 bits per heavy atom. The van der Waals surface area contributed by atoms with Crippen LogP contribution in [-0.2, 0) is 4.79 Å². The molecule has 2 aliphatic rings. The third-order valence-corrected chi connectivity index (χ3v) is 3.90. The van der Waals surface area contributed by atoms with Crippen LogP contribution in [0.5, 0.6) is 0 Å². The standard InChI is InChI=1S/C12H12BrN3O/c13-10-5-15-11(6-14-10)16-12(17)9-4-7-1-2-8(9)3-7/h1-2,5-9H,3-4H2,(H,15,16,17). The van der Waals surface area contributed by atoms with Gasteiger partial charge in [-0.2, -0.15) is 0 Å². The summed E-state index contributed by atoms with van der Waals surface area (Å²) in [6.45, 7) is 0.